The van der Waals surface area contributed by atoms with Gasteiger partial charge in [-0.05, 0) is 45.6 Å². The Balaban J connectivity index is 1.69. The number of carbonyl (C=O) groups excluding carboxylic acids is 1. The molecule has 1 aliphatic carbocycles. The molecule has 4 rings (SSSR count). The summed E-state index contributed by atoms with van der Waals surface area (Å²) in [4.78, 5) is 19.5. The fraction of sp³-hybridized carbons (Fsp3) is 0.611. The number of aliphatic hydroxyl groups excluding tert-OH is 1. The van der Waals surface area contributed by atoms with Crippen molar-refractivity contribution in [2.75, 3.05) is 13.7 Å². The van der Waals surface area contributed by atoms with E-state index in [2.05, 4.69) is 10.1 Å². The first-order valence-electron chi connectivity index (χ1n) is 8.82. The number of aliphatic hydroxyl groups is 1. The zero-order valence-corrected chi connectivity index (χ0v) is 14.9. The number of ether oxygens (including phenoxy) is 1. The van der Waals surface area contributed by atoms with Crippen LogP contribution in [0.4, 0.5) is 0 Å². The van der Waals surface area contributed by atoms with Crippen LogP contribution in [0.3, 0.4) is 0 Å². The van der Waals surface area contributed by atoms with Crippen molar-refractivity contribution in [3.63, 3.8) is 0 Å². The van der Waals surface area contributed by atoms with Crippen LogP contribution in [0.25, 0.3) is 5.65 Å². The van der Waals surface area contributed by atoms with Crippen LogP contribution >= 0.6 is 0 Å². The maximum absolute atomic E-state index is 13.2. The number of nitrogens with zero attached hydrogens (tertiary/aromatic N) is 4. The number of fused-ring (bicyclic) bond motifs is 2. The van der Waals surface area contributed by atoms with Gasteiger partial charge in [-0.25, -0.2) is 9.50 Å². The predicted molar refractivity (Wildman–Crippen MR) is 91.5 cm³/mol. The van der Waals surface area contributed by atoms with Crippen LogP contribution in [0.5, 0.6) is 0 Å². The molecular formula is C18H24N4O3. The highest BCUT2D eigenvalue weighted by Crippen LogP contribution is 2.42. The molecule has 2 aromatic rings. The zero-order chi connectivity index (χ0) is 17.8. The second-order valence-corrected chi connectivity index (χ2v) is 7.30. The Bertz CT molecular complexity index is 833. The van der Waals surface area contributed by atoms with E-state index in [4.69, 9.17) is 4.74 Å². The number of rotatable bonds is 2. The topological polar surface area (TPSA) is 80.0 Å². The Morgan fingerprint density at radius 3 is 2.92 bits per heavy atom. The third-order valence-electron chi connectivity index (χ3n) is 5.77. The second-order valence-electron chi connectivity index (χ2n) is 7.30. The van der Waals surface area contributed by atoms with Gasteiger partial charge in [-0.1, -0.05) is 0 Å². The number of aromatic nitrogens is 3. The molecule has 2 aliphatic rings. The number of likely N-dealkylation sites (tertiary alicyclic amines) is 1. The van der Waals surface area contributed by atoms with Gasteiger partial charge in [0.1, 0.15) is 5.69 Å². The van der Waals surface area contributed by atoms with E-state index in [1.807, 2.05) is 24.8 Å². The number of hydrogen-bond donors (Lipinski definition) is 1. The summed E-state index contributed by atoms with van der Waals surface area (Å²) in [6.07, 6.45) is 2.50. The average molecular weight is 344 g/mol. The monoisotopic (exact) mass is 344 g/mol. The minimum atomic E-state index is -0.378. The van der Waals surface area contributed by atoms with Crippen LogP contribution in [-0.2, 0) is 4.74 Å². The van der Waals surface area contributed by atoms with Crippen LogP contribution in [0.2, 0.25) is 0 Å². The molecule has 7 nitrogen and oxygen atoms in total. The lowest BCUT2D eigenvalue weighted by Crippen LogP contribution is -2.52. The molecule has 7 heteroatoms. The smallest absolute Gasteiger partial charge is 0.272 e. The van der Waals surface area contributed by atoms with Crippen molar-refractivity contribution in [3.05, 3.63) is 29.2 Å². The van der Waals surface area contributed by atoms with E-state index in [9.17, 15) is 9.90 Å². The maximum Gasteiger partial charge on any atom is 0.272 e. The highest BCUT2D eigenvalue weighted by atomic mass is 16.5. The van der Waals surface area contributed by atoms with Gasteiger partial charge in [-0.15, -0.1) is 0 Å². The fourth-order valence-electron chi connectivity index (χ4n) is 4.42. The molecule has 3 atom stereocenters. The Morgan fingerprint density at radius 1 is 1.36 bits per heavy atom. The zero-order valence-electron chi connectivity index (χ0n) is 14.9. The van der Waals surface area contributed by atoms with Gasteiger partial charge >= 0.3 is 0 Å². The quantitative estimate of drug-likeness (QED) is 0.893. The molecule has 0 bridgehead atoms. The minimum Gasteiger partial charge on any atom is -0.393 e. The summed E-state index contributed by atoms with van der Waals surface area (Å²) >= 11 is 0. The summed E-state index contributed by atoms with van der Waals surface area (Å²) in [5.74, 6) is -0.0949. The van der Waals surface area contributed by atoms with Gasteiger partial charge in [0, 0.05) is 25.4 Å². The lowest BCUT2D eigenvalue weighted by atomic mass is 9.79. The summed E-state index contributed by atoms with van der Waals surface area (Å²) in [6, 6.07) is 3.56. The molecule has 1 saturated heterocycles. The van der Waals surface area contributed by atoms with Crippen molar-refractivity contribution in [2.24, 2.45) is 0 Å². The van der Waals surface area contributed by atoms with E-state index in [-0.39, 0.29) is 23.7 Å². The molecule has 25 heavy (non-hydrogen) atoms. The van der Waals surface area contributed by atoms with Crippen molar-refractivity contribution in [1.29, 1.82) is 0 Å². The first kappa shape index (κ1) is 16.5. The van der Waals surface area contributed by atoms with Gasteiger partial charge < -0.3 is 14.7 Å². The molecule has 0 unspecified atom stereocenters. The summed E-state index contributed by atoms with van der Waals surface area (Å²) in [5, 5.41) is 14.5. The number of methoxy groups -OCH3 is 1. The van der Waals surface area contributed by atoms with Gasteiger partial charge in [0.05, 0.1) is 23.4 Å². The van der Waals surface area contributed by atoms with Gasteiger partial charge in [-0.2, -0.15) is 5.10 Å². The summed E-state index contributed by atoms with van der Waals surface area (Å²) in [6.45, 7) is 4.46. The molecule has 1 amide bonds. The Morgan fingerprint density at radius 2 is 2.16 bits per heavy atom. The fourth-order valence-corrected chi connectivity index (χ4v) is 4.42. The molecule has 1 aliphatic heterocycles. The normalized spacial score (nSPS) is 29.2. The maximum atomic E-state index is 13.2. The van der Waals surface area contributed by atoms with Crippen molar-refractivity contribution >= 4 is 11.6 Å². The molecule has 1 saturated carbocycles. The SMILES string of the molecule is CO[C@@]12CC[C@@H](O)C[C@@H]1N(C(=O)c1cc(C)n3nc(C)cc3n1)CC2. The average Bonchev–Trinajstić information content (AvgIpc) is 3.15. The molecule has 0 radical (unpaired) electrons. The van der Waals surface area contributed by atoms with Gasteiger partial charge in [-0.3, -0.25) is 4.79 Å². The van der Waals surface area contributed by atoms with Crippen LogP contribution in [0, 0.1) is 13.8 Å². The molecule has 2 aromatic heterocycles. The predicted octanol–water partition coefficient (Wildman–Crippen LogP) is 1.49. The second kappa shape index (κ2) is 5.78. The van der Waals surface area contributed by atoms with Crippen molar-refractivity contribution in [2.45, 2.75) is 57.3 Å². The Labute approximate surface area is 146 Å². The molecule has 0 spiro atoms. The molecule has 1 N–H and O–H groups in total. The van der Waals surface area contributed by atoms with E-state index in [0.717, 1.165) is 30.7 Å². The molecule has 134 valence electrons. The summed E-state index contributed by atoms with van der Waals surface area (Å²) < 4.78 is 7.57. The molecule has 3 heterocycles. The van der Waals surface area contributed by atoms with E-state index in [0.29, 0.717) is 24.3 Å². The van der Waals surface area contributed by atoms with Crippen molar-refractivity contribution in [3.8, 4) is 0 Å². The highest BCUT2D eigenvalue weighted by Gasteiger charge is 2.52. The van der Waals surface area contributed by atoms with Crippen LogP contribution in [-0.4, -0.2) is 61.9 Å². The third kappa shape index (κ3) is 2.53. The Kier molecular flexibility index (Phi) is 3.81. The van der Waals surface area contributed by atoms with Gasteiger partial charge in [0.2, 0.25) is 0 Å². The number of amides is 1. The van der Waals surface area contributed by atoms with Crippen LogP contribution in [0.15, 0.2) is 12.1 Å². The van der Waals surface area contributed by atoms with Gasteiger partial charge in [0.25, 0.3) is 5.91 Å². The molecular weight excluding hydrogens is 320 g/mol. The summed E-state index contributed by atoms with van der Waals surface area (Å²) in [7, 11) is 1.71. The first-order chi connectivity index (χ1) is 11.9. The number of aryl methyl sites for hydroxylation is 2. The lowest BCUT2D eigenvalue weighted by molar-refractivity contribution is -0.0824. The standard InChI is InChI=1S/C18H24N4O3/c1-11-8-16-19-14(9-12(2)22(16)20-11)17(24)21-7-6-18(25-3)5-4-13(23)10-15(18)21/h8-9,13,15,23H,4-7,10H2,1-3H3/t13-,15+,18-/m1/s1. The number of carbonyl (C=O) groups is 1. The van der Waals surface area contributed by atoms with E-state index >= 15 is 0 Å². The van der Waals surface area contributed by atoms with Crippen LogP contribution in [0.1, 0.15) is 47.6 Å². The Hall–Kier alpha value is -1.99. The van der Waals surface area contributed by atoms with Crippen molar-refractivity contribution in [1.82, 2.24) is 19.5 Å². The number of hydrogen-bond acceptors (Lipinski definition) is 5. The van der Waals surface area contributed by atoms with Crippen molar-refractivity contribution < 1.29 is 14.6 Å². The summed E-state index contributed by atoms with van der Waals surface area (Å²) in [5.41, 5.74) is 2.53. The van der Waals surface area contributed by atoms with Gasteiger partial charge in [0.15, 0.2) is 5.65 Å². The lowest BCUT2D eigenvalue weighted by Gasteiger charge is -2.42. The first-order valence-corrected chi connectivity index (χ1v) is 8.82. The van der Waals surface area contributed by atoms with E-state index < -0.39 is 0 Å². The minimum absolute atomic E-state index is 0.0949. The third-order valence-corrected chi connectivity index (χ3v) is 5.77. The molecule has 0 aromatic carbocycles. The largest absolute Gasteiger partial charge is 0.393 e. The van der Waals surface area contributed by atoms with E-state index in [1.165, 1.54) is 0 Å². The highest BCUT2D eigenvalue weighted by molar-refractivity contribution is 5.93. The van der Waals surface area contributed by atoms with E-state index in [1.54, 1.807) is 17.7 Å². The van der Waals surface area contributed by atoms with Crippen LogP contribution < -0.4 is 0 Å². The molecule has 2 fully saturated rings.